The van der Waals surface area contributed by atoms with Gasteiger partial charge in [-0.2, -0.15) is 4.98 Å². The standard InChI is InChI=1S/C21H35N5O6Si/c1-21(2,3)33(4,5)31-13-16-9-22-10-17(32-16)26-11-14-8-15(24-18(14)25-19(26)27)12-30-7-6-23-20(28)29/h8,11,16-17,22-23H,6-7,9-10,12-13H2,1-5H3,(H,28,29)(H,24,25,27)/t16-,17-/m0/s1. The zero-order valence-electron chi connectivity index (χ0n) is 19.9. The van der Waals surface area contributed by atoms with Crippen LogP contribution in [0.4, 0.5) is 4.79 Å². The number of amides is 1. The number of H-pyrrole nitrogens is 1. The molecule has 0 radical (unpaired) electrons. The van der Waals surface area contributed by atoms with Gasteiger partial charge in [-0.05, 0) is 24.2 Å². The summed E-state index contributed by atoms with van der Waals surface area (Å²) in [5, 5.41) is 15.0. The van der Waals surface area contributed by atoms with Gasteiger partial charge in [0.2, 0.25) is 0 Å². The van der Waals surface area contributed by atoms with Crippen LogP contribution < -0.4 is 16.3 Å². The van der Waals surface area contributed by atoms with Crippen molar-refractivity contribution in [2.24, 2.45) is 0 Å². The van der Waals surface area contributed by atoms with Gasteiger partial charge in [0, 0.05) is 36.9 Å². The highest BCUT2D eigenvalue weighted by Gasteiger charge is 2.38. The number of nitrogens with one attached hydrogen (secondary N) is 3. The van der Waals surface area contributed by atoms with Crippen LogP contribution in [0.3, 0.4) is 0 Å². The smallest absolute Gasteiger partial charge is 0.404 e. The molecule has 1 fully saturated rings. The van der Waals surface area contributed by atoms with E-state index in [1.165, 1.54) is 4.57 Å². The van der Waals surface area contributed by atoms with Gasteiger partial charge >= 0.3 is 11.8 Å². The lowest BCUT2D eigenvalue weighted by Gasteiger charge is -2.39. The van der Waals surface area contributed by atoms with Crippen molar-refractivity contribution in [2.45, 2.75) is 57.8 Å². The number of rotatable bonds is 9. The maximum Gasteiger partial charge on any atom is 0.404 e. The van der Waals surface area contributed by atoms with E-state index < -0.39 is 26.3 Å². The Morgan fingerprint density at radius 1 is 1.39 bits per heavy atom. The van der Waals surface area contributed by atoms with Crippen LogP contribution in [-0.4, -0.2) is 73.0 Å². The molecule has 1 aliphatic rings. The number of morpholine rings is 1. The minimum absolute atomic E-state index is 0.114. The predicted octanol–water partition coefficient (Wildman–Crippen LogP) is 2.02. The lowest BCUT2D eigenvalue weighted by atomic mass is 10.2. The van der Waals surface area contributed by atoms with Gasteiger partial charge in [-0.3, -0.25) is 4.57 Å². The summed E-state index contributed by atoms with van der Waals surface area (Å²) < 4.78 is 19.5. The Morgan fingerprint density at radius 3 is 2.85 bits per heavy atom. The molecule has 0 unspecified atom stereocenters. The zero-order chi connectivity index (χ0) is 24.2. The van der Waals surface area contributed by atoms with Crippen LogP contribution in [0.15, 0.2) is 17.1 Å². The van der Waals surface area contributed by atoms with Crippen molar-refractivity contribution in [1.82, 2.24) is 25.2 Å². The Hall–Kier alpha value is -2.25. The van der Waals surface area contributed by atoms with Crippen LogP contribution in [-0.2, 0) is 20.5 Å². The van der Waals surface area contributed by atoms with E-state index in [-0.39, 0.29) is 30.9 Å². The fourth-order valence-corrected chi connectivity index (χ4v) is 4.26. The average Bonchev–Trinajstić information content (AvgIpc) is 3.12. The number of hydrogen-bond donors (Lipinski definition) is 4. The number of carbonyl (C=O) groups is 1. The average molecular weight is 482 g/mol. The van der Waals surface area contributed by atoms with E-state index in [0.717, 1.165) is 11.1 Å². The summed E-state index contributed by atoms with van der Waals surface area (Å²) in [6.07, 6.45) is 0.0113. The number of aromatic nitrogens is 3. The Kier molecular flexibility index (Phi) is 7.95. The van der Waals surface area contributed by atoms with Crippen molar-refractivity contribution in [1.29, 1.82) is 0 Å². The summed E-state index contributed by atoms with van der Waals surface area (Å²) in [5.74, 6) is 0. The van der Waals surface area contributed by atoms with E-state index in [1.54, 1.807) is 6.20 Å². The summed E-state index contributed by atoms with van der Waals surface area (Å²) in [7, 11) is -1.89. The number of hydrogen-bond acceptors (Lipinski definition) is 7. The van der Waals surface area contributed by atoms with Crippen molar-refractivity contribution in [2.75, 3.05) is 32.8 Å². The van der Waals surface area contributed by atoms with Crippen molar-refractivity contribution in [3.05, 3.63) is 28.4 Å². The number of aromatic amines is 1. The second-order valence-corrected chi connectivity index (χ2v) is 14.6. The molecule has 12 heteroatoms. The van der Waals surface area contributed by atoms with E-state index in [1.807, 2.05) is 6.07 Å². The second kappa shape index (κ2) is 10.3. The fourth-order valence-electron chi connectivity index (χ4n) is 3.23. The third-order valence-corrected chi connectivity index (χ3v) is 10.7. The Bertz CT molecular complexity index is 1010. The lowest BCUT2D eigenvalue weighted by Crippen LogP contribution is -2.49. The molecule has 33 heavy (non-hydrogen) atoms. The molecule has 1 saturated heterocycles. The molecule has 1 amide bonds. The van der Waals surface area contributed by atoms with Crippen LogP contribution in [0, 0.1) is 0 Å². The van der Waals surface area contributed by atoms with Gasteiger partial charge in [0.25, 0.3) is 0 Å². The van der Waals surface area contributed by atoms with Crippen molar-refractivity contribution >= 4 is 25.4 Å². The number of ether oxygens (including phenoxy) is 2. The molecule has 4 N–H and O–H groups in total. The van der Waals surface area contributed by atoms with E-state index in [0.29, 0.717) is 25.3 Å². The largest absolute Gasteiger partial charge is 0.465 e. The van der Waals surface area contributed by atoms with E-state index >= 15 is 0 Å². The van der Waals surface area contributed by atoms with Crippen LogP contribution in [0.2, 0.25) is 18.1 Å². The minimum Gasteiger partial charge on any atom is -0.465 e. The molecule has 2 aromatic heterocycles. The van der Waals surface area contributed by atoms with E-state index in [9.17, 15) is 9.59 Å². The van der Waals surface area contributed by atoms with Crippen molar-refractivity contribution in [3.8, 4) is 0 Å². The molecule has 0 aliphatic carbocycles. The van der Waals surface area contributed by atoms with Crippen LogP contribution in [0.5, 0.6) is 0 Å². The third kappa shape index (κ3) is 6.64. The molecule has 2 atom stereocenters. The lowest BCUT2D eigenvalue weighted by molar-refractivity contribution is -0.0945. The molecule has 0 spiro atoms. The molecule has 1 aliphatic heterocycles. The maximum atomic E-state index is 12.7. The van der Waals surface area contributed by atoms with Gasteiger partial charge in [0.05, 0.1) is 25.9 Å². The molecular weight excluding hydrogens is 446 g/mol. The molecule has 0 aromatic carbocycles. The predicted molar refractivity (Wildman–Crippen MR) is 126 cm³/mol. The molecule has 2 aromatic rings. The van der Waals surface area contributed by atoms with Crippen molar-refractivity contribution < 1.29 is 23.8 Å². The number of carboxylic acid groups (broad SMARTS) is 1. The molecule has 0 saturated carbocycles. The van der Waals surface area contributed by atoms with Gasteiger partial charge in [0.15, 0.2) is 14.5 Å². The topological polar surface area (TPSA) is 140 Å². The van der Waals surface area contributed by atoms with Crippen LogP contribution in [0.25, 0.3) is 11.0 Å². The zero-order valence-corrected chi connectivity index (χ0v) is 20.9. The Balaban J connectivity index is 1.63. The van der Waals surface area contributed by atoms with E-state index in [2.05, 4.69) is 54.5 Å². The van der Waals surface area contributed by atoms with Gasteiger partial charge in [0.1, 0.15) is 5.65 Å². The molecule has 3 rings (SSSR count). The first kappa shape index (κ1) is 25.4. The van der Waals surface area contributed by atoms with Crippen molar-refractivity contribution in [3.63, 3.8) is 0 Å². The quantitative estimate of drug-likeness (QED) is 0.315. The van der Waals surface area contributed by atoms with Gasteiger partial charge in [-0.25, -0.2) is 9.59 Å². The van der Waals surface area contributed by atoms with Crippen LogP contribution in [0.1, 0.15) is 32.7 Å². The molecule has 3 heterocycles. The minimum atomic E-state index is -1.89. The highest BCUT2D eigenvalue weighted by atomic mass is 28.4. The van der Waals surface area contributed by atoms with Gasteiger partial charge < -0.3 is 34.6 Å². The fraction of sp³-hybridized carbons (Fsp3) is 0.667. The van der Waals surface area contributed by atoms with Gasteiger partial charge in [-0.15, -0.1) is 0 Å². The van der Waals surface area contributed by atoms with Crippen LogP contribution >= 0.6 is 0 Å². The maximum absolute atomic E-state index is 12.7. The summed E-state index contributed by atoms with van der Waals surface area (Å²) in [6.45, 7) is 13.3. The van der Waals surface area contributed by atoms with E-state index in [4.69, 9.17) is 19.0 Å². The first-order valence-corrected chi connectivity index (χ1v) is 14.0. The highest BCUT2D eigenvalue weighted by Crippen LogP contribution is 2.36. The molecule has 0 bridgehead atoms. The first-order valence-electron chi connectivity index (χ1n) is 11.1. The molecule has 11 nitrogen and oxygen atoms in total. The second-order valence-electron chi connectivity index (χ2n) is 9.76. The number of nitrogens with zero attached hydrogens (tertiary/aromatic N) is 2. The SMILES string of the molecule is CC(C)(C)[Si](C)(C)OC[C@@H]1CNC[C@@H](n2cc3cc(COCCNC(=O)O)[nH]c3nc2=O)O1. The number of fused-ring (bicyclic) bond motifs is 1. The monoisotopic (exact) mass is 481 g/mol. The summed E-state index contributed by atoms with van der Waals surface area (Å²) in [6, 6.07) is 1.86. The summed E-state index contributed by atoms with van der Waals surface area (Å²) in [4.78, 5) is 30.3. The third-order valence-electron chi connectivity index (χ3n) is 6.16. The molecule has 184 valence electrons. The molecular formula is C21H35N5O6Si. The summed E-state index contributed by atoms with van der Waals surface area (Å²) in [5.41, 5.74) is 0.814. The Morgan fingerprint density at radius 2 is 2.15 bits per heavy atom. The van der Waals surface area contributed by atoms with Gasteiger partial charge in [-0.1, -0.05) is 20.8 Å². The first-order chi connectivity index (χ1) is 15.5. The summed E-state index contributed by atoms with van der Waals surface area (Å²) >= 11 is 0. The normalized spacial score (nSPS) is 19.7. The highest BCUT2D eigenvalue weighted by molar-refractivity contribution is 6.74. The Labute approximate surface area is 194 Å².